The van der Waals surface area contributed by atoms with Crippen molar-refractivity contribution < 1.29 is 22.7 Å². The second-order valence-electron chi connectivity index (χ2n) is 7.91. The van der Waals surface area contributed by atoms with Gasteiger partial charge >= 0.3 is 0 Å². The summed E-state index contributed by atoms with van der Waals surface area (Å²) in [5.41, 5.74) is 0.986. The highest BCUT2D eigenvalue weighted by molar-refractivity contribution is 7.89. The molecule has 2 aliphatic rings. The summed E-state index contributed by atoms with van der Waals surface area (Å²) < 4.78 is 38.7. The minimum absolute atomic E-state index is 0.0118. The molecule has 7 nitrogen and oxygen atoms in total. The van der Waals surface area contributed by atoms with Crippen LogP contribution in [-0.2, 0) is 21.2 Å². The van der Waals surface area contributed by atoms with Crippen LogP contribution in [-0.4, -0.2) is 62.9 Å². The van der Waals surface area contributed by atoms with Crippen molar-refractivity contribution in [1.82, 2.24) is 9.21 Å². The molecule has 8 heteroatoms. The molecule has 1 saturated heterocycles. The van der Waals surface area contributed by atoms with Crippen LogP contribution >= 0.6 is 0 Å². The van der Waals surface area contributed by atoms with Gasteiger partial charge in [0.2, 0.25) is 15.9 Å². The van der Waals surface area contributed by atoms with E-state index in [0.717, 1.165) is 16.3 Å². The van der Waals surface area contributed by atoms with E-state index in [1.807, 2.05) is 42.5 Å². The molecule has 5 rings (SSSR count). The summed E-state index contributed by atoms with van der Waals surface area (Å²) in [7, 11) is -3.67. The minimum atomic E-state index is -3.67. The summed E-state index contributed by atoms with van der Waals surface area (Å²) in [6, 6.07) is 18.7. The SMILES string of the molecule is O=C(Cc1cccc2ccccc12)N1CCN(S(=O)(=O)c2ccc3c(c2)OCCO3)CC1. The van der Waals surface area contributed by atoms with Gasteiger partial charge in [-0.15, -0.1) is 0 Å². The Labute approximate surface area is 187 Å². The van der Waals surface area contributed by atoms with Crippen LogP contribution in [0.4, 0.5) is 0 Å². The summed E-state index contributed by atoms with van der Waals surface area (Å²) in [5.74, 6) is 1.01. The molecule has 0 unspecified atom stereocenters. The first-order chi connectivity index (χ1) is 15.5. The topological polar surface area (TPSA) is 76.2 Å². The zero-order valence-electron chi connectivity index (χ0n) is 17.6. The number of amides is 1. The van der Waals surface area contributed by atoms with Crippen molar-refractivity contribution in [1.29, 1.82) is 0 Å². The van der Waals surface area contributed by atoms with E-state index in [2.05, 4.69) is 0 Å². The normalized spacial score (nSPS) is 16.8. The largest absolute Gasteiger partial charge is 0.486 e. The fraction of sp³-hybridized carbons (Fsp3) is 0.292. The van der Waals surface area contributed by atoms with Gasteiger partial charge in [-0.3, -0.25) is 4.79 Å². The molecule has 0 radical (unpaired) electrons. The quantitative estimate of drug-likeness (QED) is 0.608. The van der Waals surface area contributed by atoms with Gasteiger partial charge in [0, 0.05) is 32.2 Å². The molecule has 2 heterocycles. The van der Waals surface area contributed by atoms with Crippen LogP contribution in [0.25, 0.3) is 10.8 Å². The molecule has 0 bridgehead atoms. The summed E-state index contributed by atoms with van der Waals surface area (Å²) in [6.07, 6.45) is 0.302. The van der Waals surface area contributed by atoms with Gasteiger partial charge in [0.15, 0.2) is 11.5 Å². The Morgan fingerprint density at radius 2 is 1.56 bits per heavy atom. The Hall–Kier alpha value is -3.10. The van der Waals surface area contributed by atoms with Gasteiger partial charge in [-0.2, -0.15) is 4.31 Å². The Morgan fingerprint density at radius 3 is 2.38 bits per heavy atom. The number of fused-ring (bicyclic) bond motifs is 2. The number of carbonyl (C=O) groups excluding carboxylic acids is 1. The molecule has 1 fully saturated rings. The lowest BCUT2D eigenvalue weighted by Crippen LogP contribution is -2.50. The van der Waals surface area contributed by atoms with E-state index in [0.29, 0.717) is 44.2 Å². The van der Waals surface area contributed by atoms with E-state index in [1.54, 1.807) is 17.0 Å². The Balaban J connectivity index is 1.26. The maximum absolute atomic E-state index is 13.1. The van der Waals surface area contributed by atoms with Crippen LogP contribution < -0.4 is 9.47 Å². The summed E-state index contributed by atoms with van der Waals surface area (Å²) in [4.78, 5) is 14.9. The summed E-state index contributed by atoms with van der Waals surface area (Å²) in [6.45, 7) is 2.11. The number of sulfonamides is 1. The van der Waals surface area contributed by atoms with Crippen molar-refractivity contribution in [2.24, 2.45) is 0 Å². The fourth-order valence-electron chi connectivity index (χ4n) is 4.23. The number of nitrogens with zero attached hydrogens (tertiary/aromatic N) is 2. The lowest BCUT2D eigenvalue weighted by molar-refractivity contribution is -0.131. The number of rotatable bonds is 4. The maximum atomic E-state index is 13.1. The van der Waals surface area contributed by atoms with E-state index in [4.69, 9.17) is 9.47 Å². The molecule has 1 amide bonds. The fourth-order valence-corrected chi connectivity index (χ4v) is 5.67. The molecular weight excluding hydrogens is 428 g/mol. The zero-order chi connectivity index (χ0) is 22.1. The van der Waals surface area contributed by atoms with E-state index in [-0.39, 0.29) is 23.9 Å². The molecule has 2 aliphatic heterocycles. The van der Waals surface area contributed by atoms with Gasteiger partial charge in [0.05, 0.1) is 11.3 Å². The number of hydrogen-bond acceptors (Lipinski definition) is 5. The van der Waals surface area contributed by atoms with Crippen molar-refractivity contribution in [2.75, 3.05) is 39.4 Å². The Kier molecular flexibility index (Phi) is 5.48. The number of benzene rings is 3. The first-order valence-corrected chi connectivity index (χ1v) is 12.1. The Bertz CT molecular complexity index is 1260. The standard InChI is InChI=1S/C24H24N2O5S/c27-24(16-19-6-3-5-18-4-1-2-7-21(18)19)25-10-12-26(13-11-25)32(28,29)20-8-9-22-23(17-20)31-15-14-30-22/h1-9,17H,10-16H2. The van der Waals surface area contributed by atoms with Crippen LogP contribution in [0.3, 0.4) is 0 Å². The van der Waals surface area contributed by atoms with E-state index in [1.165, 1.54) is 10.4 Å². The number of hydrogen-bond donors (Lipinski definition) is 0. The molecule has 0 N–H and O–H groups in total. The highest BCUT2D eigenvalue weighted by Gasteiger charge is 2.31. The monoisotopic (exact) mass is 452 g/mol. The molecule has 166 valence electrons. The predicted octanol–water partition coefficient (Wildman–Crippen LogP) is 2.69. The summed E-state index contributed by atoms with van der Waals surface area (Å²) in [5, 5.41) is 2.18. The molecule has 3 aromatic rings. The van der Waals surface area contributed by atoms with Crippen molar-refractivity contribution >= 4 is 26.7 Å². The average Bonchev–Trinajstić information content (AvgIpc) is 2.84. The van der Waals surface area contributed by atoms with Crippen LogP contribution in [0.2, 0.25) is 0 Å². The van der Waals surface area contributed by atoms with E-state index >= 15 is 0 Å². The molecular formula is C24H24N2O5S. The molecule has 32 heavy (non-hydrogen) atoms. The highest BCUT2D eigenvalue weighted by atomic mass is 32.2. The van der Waals surface area contributed by atoms with Gasteiger partial charge in [0.25, 0.3) is 0 Å². The second-order valence-corrected chi connectivity index (χ2v) is 9.84. The number of carbonyl (C=O) groups is 1. The molecule has 3 aromatic carbocycles. The molecule has 0 saturated carbocycles. The molecule has 0 spiro atoms. The maximum Gasteiger partial charge on any atom is 0.243 e. The third-order valence-corrected chi connectivity index (χ3v) is 7.86. The molecule has 0 atom stereocenters. The van der Waals surface area contributed by atoms with Crippen molar-refractivity contribution in [3.05, 3.63) is 66.2 Å². The second kappa shape index (κ2) is 8.44. The van der Waals surface area contributed by atoms with Gasteiger partial charge in [-0.05, 0) is 28.5 Å². The molecule has 0 aliphatic carbocycles. The minimum Gasteiger partial charge on any atom is -0.486 e. The van der Waals surface area contributed by atoms with E-state index < -0.39 is 10.0 Å². The van der Waals surface area contributed by atoms with Gasteiger partial charge < -0.3 is 14.4 Å². The van der Waals surface area contributed by atoms with Crippen molar-refractivity contribution in [2.45, 2.75) is 11.3 Å². The van der Waals surface area contributed by atoms with E-state index in [9.17, 15) is 13.2 Å². The first-order valence-electron chi connectivity index (χ1n) is 10.7. The zero-order valence-corrected chi connectivity index (χ0v) is 18.4. The highest BCUT2D eigenvalue weighted by Crippen LogP contribution is 2.33. The van der Waals surface area contributed by atoms with Crippen LogP contribution in [0.5, 0.6) is 11.5 Å². The molecule has 0 aromatic heterocycles. The van der Waals surface area contributed by atoms with Crippen molar-refractivity contribution in [3.8, 4) is 11.5 Å². The van der Waals surface area contributed by atoms with Crippen molar-refractivity contribution in [3.63, 3.8) is 0 Å². The summed E-state index contributed by atoms with van der Waals surface area (Å²) >= 11 is 0. The lowest BCUT2D eigenvalue weighted by atomic mass is 10.0. The third kappa shape index (κ3) is 3.91. The first kappa shape index (κ1) is 20.8. The van der Waals surface area contributed by atoms with Crippen LogP contribution in [0.15, 0.2) is 65.6 Å². The third-order valence-electron chi connectivity index (χ3n) is 5.96. The van der Waals surface area contributed by atoms with Crippen LogP contribution in [0, 0.1) is 0 Å². The number of ether oxygens (including phenoxy) is 2. The average molecular weight is 453 g/mol. The number of piperazine rings is 1. The smallest absolute Gasteiger partial charge is 0.243 e. The predicted molar refractivity (Wildman–Crippen MR) is 120 cm³/mol. The van der Waals surface area contributed by atoms with Gasteiger partial charge in [0.1, 0.15) is 13.2 Å². The van der Waals surface area contributed by atoms with Crippen LogP contribution in [0.1, 0.15) is 5.56 Å². The lowest BCUT2D eigenvalue weighted by Gasteiger charge is -2.34. The van der Waals surface area contributed by atoms with Gasteiger partial charge in [-0.25, -0.2) is 8.42 Å². The Morgan fingerprint density at radius 1 is 0.844 bits per heavy atom. The van der Waals surface area contributed by atoms with Gasteiger partial charge in [-0.1, -0.05) is 42.5 Å².